The molecule has 0 aliphatic carbocycles. The van der Waals surface area contributed by atoms with Crippen molar-refractivity contribution in [3.05, 3.63) is 24.3 Å². The van der Waals surface area contributed by atoms with Crippen LogP contribution in [0.1, 0.15) is 0 Å². The summed E-state index contributed by atoms with van der Waals surface area (Å²) in [6, 6.07) is 7.22. The van der Waals surface area contributed by atoms with Gasteiger partial charge in [-0.05, 0) is 12.1 Å². The molecular weight excluding hydrogens is 170 g/mol. The van der Waals surface area contributed by atoms with Gasteiger partial charge in [0.15, 0.2) is 0 Å². The van der Waals surface area contributed by atoms with Gasteiger partial charge < -0.3 is 4.74 Å². The predicted molar refractivity (Wildman–Crippen MR) is 45.3 cm³/mol. The Hall–Kier alpha value is -1.91. The molecule has 0 aliphatic heterocycles. The highest BCUT2D eigenvalue weighted by Crippen LogP contribution is 2.06. The zero-order chi connectivity index (χ0) is 9.26. The highest BCUT2D eigenvalue weighted by molar-refractivity contribution is 5.77. The highest BCUT2D eigenvalue weighted by Gasteiger charge is 2.08. The van der Waals surface area contributed by atoms with E-state index >= 15 is 0 Å². The molecule has 66 valence electrons. The van der Waals surface area contributed by atoms with E-state index in [2.05, 4.69) is 14.9 Å². The number of benzene rings is 1. The maximum absolute atomic E-state index is 11.0. The quantitative estimate of drug-likeness (QED) is 0.603. The molecule has 0 saturated heterocycles. The van der Waals surface area contributed by atoms with E-state index in [4.69, 9.17) is 0 Å². The molecule has 0 aliphatic rings. The number of rotatable bonds is 0. The van der Waals surface area contributed by atoms with Gasteiger partial charge in [-0.1, -0.05) is 16.9 Å². The largest absolute Gasteiger partial charge is 0.451 e. The van der Waals surface area contributed by atoms with Gasteiger partial charge in [-0.3, -0.25) is 0 Å². The molecule has 0 atom stereocenters. The molecule has 0 bridgehead atoms. The second-order valence-electron chi connectivity index (χ2n) is 2.45. The van der Waals surface area contributed by atoms with Crippen molar-refractivity contribution in [1.29, 1.82) is 0 Å². The molecule has 5 heteroatoms. The van der Waals surface area contributed by atoms with E-state index in [-0.39, 0.29) is 0 Å². The molecule has 1 heterocycles. The van der Waals surface area contributed by atoms with Crippen molar-refractivity contribution in [2.75, 3.05) is 7.11 Å². The lowest BCUT2D eigenvalue weighted by molar-refractivity contribution is 0.165. The maximum Gasteiger partial charge on any atom is 0.451 e. The van der Waals surface area contributed by atoms with Crippen molar-refractivity contribution in [3.8, 4) is 0 Å². The smallest absolute Gasteiger partial charge is 0.450 e. The van der Waals surface area contributed by atoms with Crippen molar-refractivity contribution >= 4 is 17.1 Å². The van der Waals surface area contributed by atoms with Crippen molar-refractivity contribution < 1.29 is 9.53 Å². The molecule has 1 aromatic carbocycles. The fourth-order valence-electron chi connectivity index (χ4n) is 1.02. The number of fused-ring (bicyclic) bond motifs is 1. The van der Waals surface area contributed by atoms with Gasteiger partial charge in [0.2, 0.25) is 0 Å². The fraction of sp³-hybridized carbons (Fsp3) is 0.125. The van der Waals surface area contributed by atoms with Crippen LogP contribution in [0.3, 0.4) is 0 Å². The van der Waals surface area contributed by atoms with Crippen LogP contribution in [0.4, 0.5) is 4.79 Å². The lowest BCUT2D eigenvalue weighted by Crippen LogP contribution is -2.14. The molecule has 2 rings (SSSR count). The van der Waals surface area contributed by atoms with Crippen LogP contribution in [0.2, 0.25) is 0 Å². The SMILES string of the molecule is COC(=O)n1nc2ccccc2n1. The third-order valence-corrected chi connectivity index (χ3v) is 1.62. The Kier molecular flexibility index (Phi) is 1.70. The third kappa shape index (κ3) is 1.24. The normalized spacial score (nSPS) is 10.2. The molecular formula is C8H7N3O2. The lowest BCUT2D eigenvalue weighted by Gasteiger charge is -1.92. The number of carbonyl (C=O) groups is 1. The Morgan fingerprint density at radius 2 is 1.85 bits per heavy atom. The average Bonchev–Trinajstić information content (AvgIpc) is 2.59. The molecule has 0 N–H and O–H groups in total. The van der Waals surface area contributed by atoms with E-state index < -0.39 is 6.09 Å². The summed E-state index contributed by atoms with van der Waals surface area (Å²) < 4.78 is 4.46. The van der Waals surface area contributed by atoms with Crippen molar-refractivity contribution in [1.82, 2.24) is 15.0 Å². The van der Waals surface area contributed by atoms with Crippen LogP contribution in [0.25, 0.3) is 11.0 Å². The van der Waals surface area contributed by atoms with Crippen LogP contribution in [0.15, 0.2) is 24.3 Å². The molecule has 13 heavy (non-hydrogen) atoms. The van der Waals surface area contributed by atoms with Crippen LogP contribution in [0.5, 0.6) is 0 Å². The summed E-state index contributed by atoms with van der Waals surface area (Å²) in [5, 5.41) is 7.83. The molecule has 0 unspecified atom stereocenters. The lowest BCUT2D eigenvalue weighted by atomic mass is 10.3. The molecule has 2 aromatic rings. The summed E-state index contributed by atoms with van der Waals surface area (Å²) >= 11 is 0. The second-order valence-corrected chi connectivity index (χ2v) is 2.45. The first kappa shape index (κ1) is 7.72. The third-order valence-electron chi connectivity index (χ3n) is 1.62. The first-order valence-corrected chi connectivity index (χ1v) is 3.71. The van der Waals surface area contributed by atoms with Crippen LogP contribution in [0, 0.1) is 0 Å². The van der Waals surface area contributed by atoms with Crippen LogP contribution in [-0.2, 0) is 4.74 Å². The Labute approximate surface area is 73.9 Å². The zero-order valence-electron chi connectivity index (χ0n) is 6.97. The molecule has 0 radical (unpaired) electrons. The Morgan fingerprint density at radius 1 is 1.31 bits per heavy atom. The van der Waals surface area contributed by atoms with Crippen molar-refractivity contribution in [3.63, 3.8) is 0 Å². The number of nitrogens with zero attached hydrogens (tertiary/aromatic N) is 3. The maximum atomic E-state index is 11.0. The molecule has 0 spiro atoms. The summed E-state index contributed by atoms with van der Waals surface area (Å²) in [5.41, 5.74) is 1.35. The van der Waals surface area contributed by atoms with E-state index in [0.29, 0.717) is 11.0 Å². The van der Waals surface area contributed by atoms with Gasteiger partial charge in [-0.15, -0.1) is 10.2 Å². The van der Waals surface area contributed by atoms with E-state index in [9.17, 15) is 4.79 Å². The minimum absolute atomic E-state index is 0.587. The average molecular weight is 177 g/mol. The summed E-state index contributed by atoms with van der Waals surface area (Å²) in [5.74, 6) is 0. The monoisotopic (exact) mass is 177 g/mol. The predicted octanol–water partition coefficient (Wildman–Crippen LogP) is 1.05. The second kappa shape index (κ2) is 2.85. The Bertz CT molecular complexity index is 416. The summed E-state index contributed by atoms with van der Waals surface area (Å²) in [4.78, 5) is 11.9. The van der Waals surface area contributed by atoms with E-state index in [0.717, 1.165) is 4.80 Å². The first-order valence-electron chi connectivity index (χ1n) is 3.71. The van der Waals surface area contributed by atoms with E-state index in [1.807, 2.05) is 12.1 Å². The van der Waals surface area contributed by atoms with Crippen LogP contribution < -0.4 is 0 Å². The Morgan fingerprint density at radius 3 is 2.31 bits per heavy atom. The van der Waals surface area contributed by atoms with Gasteiger partial charge in [0.25, 0.3) is 0 Å². The van der Waals surface area contributed by atoms with Gasteiger partial charge in [0, 0.05) is 0 Å². The van der Waals surface area contributed by atoms with Crippen LogP contribution >= 0.6 is 0 Å². The van der Waals surface area contributed by atoms with Crippen molar-refractivity contribution in [2.45, 2.75) is 0 Å². The highest BCUT2D eigenvalue weighted by atomic mass is 16.5. The first-order chi connectivity index (χ1) is 6.31. The van der Waals surface area contributed by atoms with Gasteiger partial charge in [-0.2, -0.15) is 0 Å². The fourth-order valence-corrected chi connectivity index (χ4v) is 1.02. The number of methoxy groups -OCH3 is 1. The molecule has 1 aromatic heterocycles. The summed E-state index contributed by atoms with van der Waals surface area (Å²) in [6.07, 6.45) is -0.587. The minimum Gasteiger partial charge on any atom is -0.450 e. The van der Waals surface area contributed by atoms with Gasteiger partial charge >= 0.3 is 6.09 Å². The number of hydrogen-bond acceptors (Lipinski definition) is 4. The van der Waals surface area contributed by atoms with Gasteiger partial charge in [0.05, 0.1) is 7.11 Å². The summed E-state index contributed by atoms with van der Waals surface area (Å²) in [7, 11) is 1.29. The number of carbonyl (C=O) groups excluding carboxylic acids is 1. The molecule has 0 saturated carbocycles. The van der Waals surface area contributed by atoms with E-state index in [1.165, 1.54) is 7.11 Å². The van der Waals surface area contributed by atoms with E-state index in [1.54, 1.807) is 12.1 Å². The number of ether oxygens (including phenoxy) is 1. The summed E-state index contributed by atoms with van der Waals surface area (Å²) in [6.45, 7) is 0. The van der Waals surface area contributed by atoms with Crippen molar-refractivity contribution in [2.24, 2.45) is 0 Å². The zero-order valence-corrected chi connectivity index (χ0v) is 6.97. The minimum atomic E-state index is -0.587. The number of hydrogen-bond donors (Lipinski definition) is 0. The molecule has 0 amide bonds. The Balaban J connectivity index is 2.56. The standard InChI is InChI=1S/C8H7N3O2/c1-13-8(12)11-9-6-4-2-3-5-7(6)10-11/h2-5H,1H3. The number of aromatic nitrogens is 3. The van der Waals surface area contributed by atoms with Gasteiger partial charge in [0.1, 0.15) is 11.0 Å². The molecule has 5 nitrogen and oxygen atoms in total. The topological polar surface area (TPSA) is 57.0 Å². The van der Waals surface area contributed by atoms with Gasteiger partial charge in [-0.25, -0.2) is 4.79 Å². The van der Waals surface area contributed by atoms with Crippen LogP contribution in [-0.4, -0.2) is 28.2 Å². The molecule has 0 fully saturated rings.